The Bertz CT molecular complexity index is 623. The van der Waals surface area contributed by atoms with Gasteiger partial charge in [-0.1, -0.05) is 30.1 Å². The minimum atomic E-state index is -0.901. The van der Waals surface area contributed by atoms with E-state index in [0.717, 1.165) is 11.1 Å². The van der Waals surface area contributed by atoms with E-state index >= 15 is 0 Å². The average molecular weight is 299 g/mol. The zero-order valence-electron chi connectivity index (χ0n) is 10.2. The van der Waals surface area contributed by atoms with Crippen LogP contribution in [-0.4, -0.2) is 21.3 Å². The number of aryl methyl sites for hydroxylation is 1. The van der Waals surface area contributed by atoms with Crippen LogP contribution in [-0.2, 0) is 17.6 Å². The summed E-state index contributed by atoms with van der Waals surface area (Å²) >= 11 is 12.2. The molecule has 0 radical (unpaired) electrons. The second kappa shape index (κ2) is 5.63. The van der Waals surface area contributed by atoms with Crippen molar-refractivity contribution in [3.63, 3.8) is 0 Å². The lowest BCUT2D eigenvalue weighted by Crippen LogP contribution is -2.04. The van der Waals surface area contributed by atoms with Gasteiger partial charge < -0.3 is 5.11 Å². The van der Waals surface area contributed by atoms with Crippen LogP contribution in [0.15, 0.2) is 18.3 Å². The number of H-pyrrole nitrogens is 1. The maximum absolute atomic E-state index is 10.9. The van der Waals surface area contributed by atoms with Gasteiger partial charge in [0.25, 0.3) is 0 Å². The number of rotatable bonds is 4. The largest absolute Gasteiger partial charge is 0.481 e. The Morgan fingerprint density at radius 1 is 1.37 bits per heavy atom. The fraction of sp³-hybridized carbons (Fsp3) is 0.231. The van der Waals surface area contributed by atoms with E-state index < -0.39 is 5.97 Å². The number of benzene rings is 1. The number of hydrogen-bond acceptors (Lipinski definition) is 2. The molecule has 0 atom stereocenters. The third kappa shape index (κ3) is 2.91. The normalized spacial score (nSPS) is 10.7. The topological polar surface area (TPSA) is 66.0 Å². The van der Waals surface area contributed by atoms with Crippen molar-refractivity contribution in [3.05, 3.63) is 39.5 Å². The third-order valence-corrected chi connectivity index (χ3v) is 3.49. The SMILES string of the molecule is CCc1cc(-c2n[nH]cc2Cl)cc(Cl)c1CC(=O)O. The average Bonchev–Trinajstić information content (AvgIpc) is 2.77. The highest BCUT2D eigenvalue weighted by atomic mass is 35.5. The van der Waals surface area contributed by atoms with Gasteiger partial charge in [0.2, 0.25) is 0 Å². The highest BCUT2D eigenvalue weighted by molar-refractivity contribution is 6.33. The molecule has 0 unspecified atom stereocenters. The van der Waals surface area contributed by atoms with Crippen molar-refractivity contribution in [2.75, 3.05) is 0 Å². The van der Waals surface area contributed by atoms with Gasteiger partial charge in [0.05, 0.1) is 11.4 Å². The van der Waals surface area contributed by atoms with E-state index in [1.165, 1.54) is 0 Å². The molecule has 0 saturated carbocycles. The second-order valence-corrected chi connectivity index (χ2v) is 4.92. The molecule has 1 aromatic carbocycles. The summed E-state index contributed by atoms with van der Waals surface area (Å²) in [4.78, 5) is 10.9. The zero-order chi connectivity index (χ0) is 14.0. The molecule has 0 spiro atoms. The summed E-state index contributed by atoms with van der Waals surface area (Å²) in [6, 6.07) is 3.58. The Morgan fingerprint density at radius 2 is 2.11 bits per heavy atom. The van der Waals surface area contributed by atoms with Crippen LogP contribution in [0.1, 0.15) is 18.1 Å². The first-order valence-corrected chi connectivity index (χ1v) is 6.51. The van der Waals surface area contributed by atoms with Crippen molar-refractivity contribution in [3.8, 4) is 11.3 Å². The van der Waals surface area contributed by atoms with Crippen LogP contribution in [0, 0.1) is 0 Å². The smallest absolute Gasteiger partial charge is 0.307 e. The quantitative estimate of drug-likeness (QED) is 0.907. The van der Waals surface area contributed by atoms with Crippen molar-refractivity contribution in [2.24, 2.45) is 0 Å². The lowest BCUT2D eigenvalue weighted by molar-refractivity contribution is -0.136. The summed E-state index contributed by atoms with van der Waals surface area (Å²) in [6.07, 6.45) is 2.19. The molecule has 100 valence electrons. The first-order chi connectivity index (χ1) is 9.02. The number of nitrogens with one attached hydrogen (secondary N) is 1. The molecule has 19 heavy (non-hydrogen) atoms. The van der Waals surface area contributed by atoms with Crippen LogP contribution in [0.4, 0.5) is 0 Å². The fourth-order valence-electron chi connectivity index (χ4n) is 1.97. The molecule has 6 heteroatoms. The molecule has 4 nitrogen and oxygen atoms in total. The Morgan fingerprint density at radius 3 is 2.63 bits per heavy atom. The fourth-order valence-corrected chi connectivity index (χ4v) is 2.48. The number of halogens is 2. The van der Waals surface area contributed by atoms with Crippen molar-refractivity contribution in [2.45, 2.75) is 19.8 Å². The van der Waals surface area contributed by atoms with Crippen LogP contribution in [0.5, 0.6) is 0 Å². The zero-order valence-corrected chi connectivity index (χ0v) is 11.7. The molecule has 0 aliphatic carbocycles. The molecule has 2 aromatic rings. The van der Waals surface area contributed by atoms with Crippen LogP contribution < -0.4 is 0 Å². The lowest BCUT2D eigenvalue weighted by Gasteiger charge is -2.11. The Balaban J connectivity index is 2.53. The molecule has 0 saturated heterocycles. The number of aromatic amines is 1. The molecule has 2 rings (SSSR count). The number of hydrogen-bond donors (Lipinski definition) is 2. The Labute approximate surface area is 120 Å². The van der Waals surface area contributed by atoms with E-state index in [2.05, 4.69) is 10.2 Å². The van der Waals surface area contributed by atoms with E-state index in [1.807, 2.05) is 13.0 Å². The van der Waals surface area contributed by atoms with Crippen LogP contribution in [0.3, 0.4) is 0 Å². The molecule has 0 bridgehead atoms. The predicted molar refractivity (Wildman–Crippen MR) is 74.8 cm³/mol. The minimum absolute atomic E-state index is 0.0867. The van der Waals surface area contributed by atoms with Crippen molar-refractivity contribution < 1.29 is 9.90 Å². The molecule has 2 N–H and O–H groups in total. The van der Waals surface area contributed by atoms with Crippen LogP contribution >= 0.6 is 23.2 Å². The first kappa shape index (κ1) is 13.9. The minimum Gasteiger partial charge on any atom is -0.481 e. The van der Waals surface area contributed by atoms with Crippen LogP contribution in [0.2, 0.25) is 10.0 Å². The van der Waals surface area contributed by atoms with Gasteiger partial charge in [-0.2, -0.15) is 5.10 Å². The summed E-state index contributed by atoms with van der Waals surface area (Å²) in [5.41, 5.74) is 2.93. The van der Waals surface area contributed by atoms with E-state index in [9.17, 15) is 4.79 Å². The van der Waals surface area contributed by atoms with Crippen molar-refractivity contribution >= 4 is 29.2 Å². The second-order valence-electron chi connectivity index (χ2n) is 4.10. The highest BCUT2D eigenvalue weighted by Crippen LogP contribution is 2.32. The van der Waals surface area contributed by atoms with Gasteiger partial charge in [-0.25, -0.2) is 0 Å². The number of carboxylic acids is 1. The standard InChI is InChI=1S/C13H12Cl2N2O2/c1-2-7-3-8(13-11(15)6-16-17-13)4-10(14)9(7)5-12(18)19/h3-4,6H,2,5H2,1H3,(H,16,17)(H,18,19). The van der Waals surface area contributed by atoms with Gasteiger partial charge in [-0.05, 0) is 29.7 Å². The maximum Gasteiger partial charge on any atom is 0.307 e. The first-order valence-electron chi connectivity index (χ1n) is 5.75. The predicted octanol–water partition coefficient (Wildman–Crippen LogP) is 3.57. The highest BCUT2D eigenvalue weighted by Gasteiger charge is 2.15. The van der Waals surface area contributed by atoms with E-state index in [1.54, 1.807) is 12.3 Å². The number of carbonyl (C=O) groups is 1. The molecule has 1 heterocycles. The third-order valence-electron chi connectivity index (χ3n) is 2.86. The van der Waals surface area contributed by atoms with E-state index in [4.69, 9.17) is 28.3 Å². The monoisotopic (exact) mass is 298 g/mol. The number of carboxylic acid groups (broad SMARTS) is 1. The van der Waals surface area contributed by atoms with Gasteiger partial charge in [-0.3, -0.25) is 9.89 Å². The molecule has 0 fully saturated rings. The Kier molecular flexibility index (Phi) is 4.12. The van der Waals surface area contributed by atoms with Gasteiger partial charge in [0, 0.05) is 16.8 Å². The van der Waals surface area contributed by atoms with Crippen molar-refractivity contribution in [1.29, 1.82) is 0 Å². The molecular weight excluding hydrogens is 287 g/mol. The summed E-state index contributed by atoms with van der Waals surface area (Å²) in [5, 5.41) is 16.6. The van der Waals surface area contributed by atoms with E-state index in [-0.39, 0.29) is 6.42 Å². The molecule has 0 aliphatic heterocycles. The molecule has 0 aliphatic rings. The van der Waals surface area contributed by atoms with Crippen LogP contribution in [0.25, 0.3) is 11.3 Å². The summed E-state index contributed by atoms with van der Waals surface area (Å²) in [6.45, 7) is 1.95. The Hall–Kier alpha value is -1.52. The maximum atomic E-state index is 10.9. The van der Waals surface area contributed by atoms with Gasteiger partial charge >= 0.3 is 5.97 Å². The number of aromatic nitrogens is 2. The lowest BCUT2D eigenvalue weighted by atomic mass is 9.98. The summed E-state index contributed by atoms with van der Waals surface area (Å²) in [7, 11) is 0. The van der Waals surface area contributed by atoms with Gasteiger partial charge in [-0.15, -0.1) is 0 Å². The van der Waals surface area contributed by atoms with Gasteiger partial charge in [0.15, 0.2) is 0 Å². The molecule has 1 aromatic heterocycles. The summed E-state index contributed by atoms with van der Waals surface area (Å²) < 4.78 is 0. The number of nitrogens with zero attached hydrogens (tertiary/aromatic N) is 1. The number of aliphatic carboxylic acids is 1. The van der Waals surface area contributed by atoms with Crippen molar-refractivity contribution in [1.82, 2.24) is 10.2 Å². The molecule has 0 amide bonds. The molecular formula is C13H12Cl2N2O2. The summed E-state index contributed by atoms with van der Waals surface area (Å²) in [5.74, 6) is -0.901. The van der Waals surface area contributed by atoms with E-state index in [0.29, 0.717) is 27.7 Å². The van der Waals surface area contributed by atoms with Gasteiger partial charge in [0.1, 0.15) is 5.69 Å².